The summed E-state index contributed by atoms with van der Waals surface area (Å²) in [6, 6.07) is 23.5. The summed E-state index contributed by atoms with van der Waals surface area (Å²) in [4.78, 5) is 17.1. The van der Waals surface area contributed by atoms with E-state index in [2.05, 4.69) is 28.5 Å². The molecule has 0 unspecified atom stereocenters. The van der Waals surface area contributed by atoms with Crippen LogP contribution in [0.3, 0.4) is 0 Å². The van der Waals surface area contributed by atoms with Gasteiger partial charge in [0.25, 0.3) is 5.91 Å². The number of benzene rings is 3. The maximum Gasteiger partial charge on any atom is 0.251 e. The number of para-hydroxylation sites is 1. The van der Waals surface area contributed by atoms with Crippen molar-refractivity contribution in [1.29, 1.82) is 0 Å². The number of hydrogen-bond acceptors (Lipinski definition) is 4. The molecule has 5 heteroatoms. The number of hydrogen-bond donors (Lipinski definition) is 1. The van der Waals surface area contributed by atoms with Gasteiger partial charge < -0.3 is 10.1 Å². The van der Waals surface area contributed by atoms with Crippen LogP contribution in [0, 0.1) is 0 Å². The largest absolute Gasteiger partial charge is 0.491 e. The fourth-order valence-corrected chi connectivity index (χ4v) is 3.97. The molecule has 0 atom stereocenters. The first-order valence-corrected chi connectivity index (χ1v) is 10.4. The van der Waals surface area contributed by atoms with Crippen LogP contribution in [0.1, 0.15) is 29.8 Å². The van der Waals surface area contributed by atoms with Gasteiger partial charge in [0.2, 0.25) is 0 Å². The average Bonchev–Trinajstić information content (AvgIpc) is 3.17. The van der Waals surface area contributed by atoms with E-state index in [9.17, 15) is 4.79 Å². The quantitative estimate of drug-likeness (QED) is 0.451. The smallest absolute Gasteiger partial charge is 0.251 e. The second-order valence-corrected chi connectivity index (χ2v) is 8.09. The molecule has 0 bridgehead atoms. The predicted octanol–water partition coefficient (Wildman–Crippen LogP) is 5.68. The van der Waals surface area contributed by atoms with E-state index in [0.29, 0.717) is 12.1 Å². The fraction of sp³-hybridized carbons (Fsp3) is 0.167. The van der Waals surface area contributed by atoms with Crippen LogP contribution in [0.4, 0.5) is 0 Å². The van der Waals surface area contributed by atoms with E-state index in [1.54, 1.807) is 23.5 Å². The minimum Gasteiger partial charge on any atom is -0.491 e. The Balaban J connectivity index is 1.38. The molecule has 1 aromatic heterocycles. The summed E-state index contributed by atoms with van der Waals surface area (Å²) in [5.74, 6) is 0.665. The molecule has 1 amide bonds. The van der Waals surface area contributed by atoms with Crippen LogP contribution in [-0.4, -0.2) is 17.0 Å². The number of rotatable bonds is 6. The van der Waals surface area contributed by atoms with E-state index in [1.807, 2.05) is 56.3 Å². The molecule has 1 heterocycles. The molecule has 4 rings (SSSR count). The van der Waals surface area contributed by atoms with Gasteiger partial charge in [0.15, 0.2) is 0 Å². The molecule has 4 aromatic rings. The van der Waals surface area contributed by atoms with Crippen LogP contribution in [-0.2, 0) is 6.54 Å². The Morgan fingerprint density at radius 3 is 2.41 bits per heavy atom. The molecule has 4 nitrogen and oxygen atoms in total. The zero-order valence-corrected chi connectivity index (χ0v) is 17.2. The van der Waals surface area contributed by atoms with Crippen LogP contribution < -0.4 is 10.1 Å². The topological polar surface area (TPSA) is 51.2 Å². The maximum atomic E-state index is 12.4. The molecule has 0 fully saturated rings. The molecule has 3 aromatic carbocycles. The van der Waals surface area contributed by atoms with Gasteiger partial charge >= 0.3 is 0 Å². The first kappa shape index (κ1) is 19.2. The van der Waals surface area contributed by atoms with Crippen molar-refractivity contribution in [1.82, 2.24) is 10.3 Å². The van der Waals surface area contributed by atoms with E-state index < -0.39 is 0 Å². The summed E-state index contributed by atoms with van der Waals surface area (Å²) < 4.78 is 6.79. The third-order valence-corrected chi connectivity index (χ3v) is 5.52. The zero-order chi connectivity index (χ0) is 20.2. The molecule has 0 spiro atoms. The van der Waals surface area contributed by atoms with Crippen molar-refractivity contribution in [3.8, 4) is 16.3 Å². The normalized spacial score (nSPS) is 11.0. The maximum absolute atomic E-state index is 12.4. The first-order chi connectivity index (χ1) is 14.1. The van der Waals surface area contributed by atoms with Gasteiger partial charge in [-0.3, -0.25) is 4.79 Å². The number of ether oxygens (including phenoxy) is 1. The van der Waals surface area contributed by atoms with Crippen LogP contribution in [0.15, 0.2) is 72.8 Å². The van der Waals surface area contributed by atoms with Crippen molar-refractivity contribution in [3.63, 3.8) is 0 Å². The first-order valence-electron chi connectivity index (χ1n) is 9.58. The molecular formula is C24H22N2O2S. The van der Waals surface area contributed by atoms with E-state index in [1.165, 1.54) is 4.70 Å². The summed E-state index contributed by atoms with van der Waals surface area (Å²) in [5, 5.41) is 3.97. The number of nitrogens with zero attached hydrogens (tertiary/aromatic N) is 1. The monoisotopic (exact) mass is 402 g/mol. The minimum atomic E-state index is -0.101. The van der Waals surface area contributed by atoms with E-state index in [0.717, 1.165) is 27.4 Å². The van der Waals surface area contributed by atoms with Crippen molar-refractivity contribution in [2.24, 2.45) is 0 Å². The number of aromatic nitrogens is 1. The molecule has 0 radical (unpaired) electrons. The van der Waals surface area contributed by atoms with Gasteiger partial charge in [-0.25, -0.2) is 4.98 Å². The third-order valence-electron chi connectivity index (χ3n) is 4.44. The SMILES string of the molecule is CC(C)Oc1ccc(C(=O)NCc2ccc(-c3nc4ccccc4s3)cc2)cc1. The Labute approximate surface area is 174 Å². The number of carbonyl (C=O) groups is 1. The minimum absolute atomic E-state index is 0.101. The lowest BCUT2D eigenvalue weighted by atomic mass is 10.1. The van der Waals surface area contributed by atoms with Crippen LogP contribution in [0.5, 0.6) is 5.75 Å². The lowest BCUT2D eigenvalue weighted by Gasteiger charge is -2.10. The second-order valence-electron chi connectivity index (χ2n) is 7.06. The van der Waals surface area contributed by atoms with Gasteiger partial charge in [0.1, 0.15) is 10.8 Å². The number of thiazole rings is 1. The van der Waals surface area contributed by atoms with Gasteiger partial charge in [-0.15, -0.1) is 11.3 Å². The number of carbonyl (C=O) groups excluding carboxylic acids is 1. The average molecular weight is 403 g/mol. The van der Waals surface area contributed by atoms with E-state index >= 15 is 0 Å². The van der Waals surface area contributed by atoms with Crippen molar-refractivity contribution in [2.75, 3.05) is 0 Å². The van der Waals surface area contributed by atoms with Crippen LogP contribution in [0.2, 0.25) is 0 Å². The Hall–Kier alpha value is -3.18. The highest BCUT2D eigenvalue weighted by atomic mass is 32.1. The highest BCUT2D eigenvalue weighted by molar-refractivity contribution is 7.21. The third kappa shape index (κ3) is 4.63. The molecule has 0 aliphatic carbocycles. The molecule has 0 saturated heterocycles. The molecule has 1 N–H and O–H groups in total. The van der Waals surface area contributed by atoms with E-state index in [4.69, 9.17) is 4.74 Å². The van der Waals surface area contributed by atoms with Crippen molar-refractivity contribution in [3.05, 3.63) is 83.9 Å². The fourth-order valence-electron chi connectivity index (χ4n) is 3.00. The second kappa shape index (κ2) is 8.45. The summed E-state index contributed by atoms with van der Waals surface area (Å²) in [7, 11) is 0. The van der Waals surface area contributed by atoms with Gasteiger partial charge in [-0.05, 0) is 55.8 Å². The summed E-state index contributed by atoms with van der Waals surface area (Å²) >= 11 is 1.69. The van der Waals surface area contributed by atoms with Gasteiger partial charge in [-0.2, -0.15) is 0 Å². The van der Waals surface area contributed by atoms with Crippen molar-refractivity contribution in [2.45, 2.75) is 26.5 Å². The standard InChI is InChI=1S/C24H22N2O2S/c1-16(2)28-20-13-11-18(12-14-20)23(27)25-15-17-7-9-19(10-8-17)24-26-21-5-3-4-6-22(21)29-24/h3-14,16H,15H2,1-2H3,(H,25,27). The van der Waals surface area contributed by atoms with Crippen LogP contribution in [0.25, 0.3) is 20.8 Å². The lowest BCUT2D eigenvalue weighted by Crippen LogP contribution is -2.22. The highest BCUT2D eigenvalue weighted by Crippen LogP contribution is 2.30. The highest BCUT2D eigenvalue weighted by Gasteiger charge is 2.08. The van der Waals surface area contributed by atoms with Crippen molar-refractivity contribution >= 4 is 27.5 Å². The number of amides is 1. The van der Waals surface area contributed by atoms with Crippen LogP contribution >= 0.6 is 11.3 Å². The molecule has 0 saturated carbocycles. The Morgan fingerprint density at radius 2 is 1.72 bits per heavy atom. The van der Waals surface area contributed by atoms with Gasteiger partial charge in [0, 0.05) is 17.7 Å². The van der Waals surface area contributed by atoms with Gasteiger partial charge in [-0.1, -0.05) is 36.4 Å². The number of fused-ring (bicyclic) bond motifs is 1. The predicted molar refractivity (Wildman–Crippen MR) is 118 cm³/mol. The summed E-state index contributed by atoms with van der Waals surface area (Å²) in [6.45, 7) is 4.43. The zero-order valence-electron chi connectivity index (χ0n) is 16.4. The Morgan fingerprint density at radius 1 is 1.00 bits per heavy atom. The molecule has 0 aliphatic rings. The molecular weight excluding hydrogens is 380 g/mol. The summed E-state index contributed by atoms with van der Waals surface area (Å²) in [6.07, 6.45) is 0.111. The number of nitrogens with one attached hydrogen (secondary N) is 1. The summed E-state index contributed by atoms with van der Waals surface area (Å²) in [5.41, 5.74) is 3.77. The van der Waals surface area contributed by atoms with Gasteiger partial charge in [0.05, 0.1) is 16.3 Å². The Bertz CT molecular complexity index is 1080. The van der Waals surface area contributed by atoms with Crippen molar-refractivity contribution < 1.29 is 9.53 Å². The Kier molecular flexibility index (Phi) is 5.58. The molecule has 0 aliphatic heterocycles. The molecule has 29 heavy (non-hydrogen) atoms. The molecule has 146 valence electrons. The van der Waals surface area contributed by atoms with E-state index in [-0.39, 0.29) is 12.0 Å². The lowest BCUT2D eigenvalue weighted by molar-refractivity contribution is 0.0951.